The Labute approximate surface area is 161 Å². The van der Waals surface area contributed by atoms with E-state index in [0.29, 0.717) is 16.7 Å². The second-order valence-corrected chi connectivity index (χ2v) is 8.21. The van der Waals surface area contributed by atoms with Crippen LogP contribution >= 0.6 is 0 Å². The molecule has 0 atom stereocenters. The summed E-state index contributed by atoms with van der Waals surface area (Å²) in [5.41, 5.74) is 1.36. The van der Waals surface area contributed by atoms with Crippen LogP contribution in [-0.2, 0) is 9.84 Å². The van der Waals surface area contributed by atoms with E-state index in [9.17, 15) is 18.0 Å². The average Bonchev–Trinajstić information content (AvgIpc) is 3.16. The first-order valence-electron chi connectivity index (χ1n) is 8.39. The van der Waals surface area contributed by atoms with Gasteiger partial charge in [0.15, 0.2) is 15.6 Å². The fraction of sp³-hybridized carbons (Fsp3) is 0.158. The van der Waals surface area contributed by atoms with E-state index in [2.05, 4.69) is 15.5 Å². The molecular weight excluding hydrogens is 382 g/mol. The molecule has 0 aliphatic carbocycles. The Balaban J connectivity index is 1.73. The molecule has 3 rings (SSSR count). The predicted molar refractivity (Wildman–Crippen MR) is 102 cm³/mol. The summed E-state index contributed by atoms with van der Waals surface area (Å²) in [6.45, 7) is 3.02. The van der Waals surface area contributed by atoms with Crippen molar-refractivity contribution >= 4 is 27.5 Å². The molecule has 0 saturated heterocycles. The highest BCUT2D eigenvalue weighted by Crippen LogP contribution is 2.22. The molecule has 1 N–H and O–H groups in total. The minimum Gasteiger partial charge on any atom is -0.403 e. The number of anilines is 1. The number of carbonyl (C=O) groups excluding carboxylic acids is 2. The number of hydrogen-bond acceptors (Lipinski definition) is 7. The van der Waals surface area contributed by atoms with Gasteiger partial charge in [0.05, 0.1) is 10.6 Å². The Hall–Kier alpha value is -3.33. The van der Waals surface area contributed by atoms with E-state index in [4.69, 9.17) is 4.42 Å². The van der Waals surface area contributed by atoms with Crippen LogP contribution in [-0.4, -0.2) is 36.1 Å². The number of rotatable bonds is 6. The Kier molecular flexibility index (Phi) is 5.36. The first-order valence-corrected chi connectivity index (χ1v) is 10.0. The topological polar surface area (TPSA) is 119 Å². The van der Waals surface area contributed by atoms with Gasteiger partial charge in [0.2, 0.25) is 5.89 Å². The van der Waals surface area contributed by atoms with Gasteiger partial charge >= 0.3 is 6.01 Å². The molecule has 0 aliphatic rings. The van der Waals surface area contributed by atoms with E-state index < -0.39 is 15.7 Å². The zero-order chi connectivity index (χ0) is 20.3. The minimum absolute atomic E-state index is 0.0104. The molecule has 9 heteroatoms. The van der Waals surface area contributed by atoms with Crippen LogP contribution < -0.4 is 5.32 Å². The smallest absolute Gasteiger partial charge is 0.322 e. The molecule has 8 nitrogen and oxygen atoms in total. The van der Waals surface area contributed by atoms with Gasteiger partial charge in [-0.2, -0.15) is 0 Å². The van der Waals surface area contributed by atoms with Crippen LogP contribution in [0, 0.1) is 0 Å². The second kappa shape index (κ2) is 7.73. The number of ketones is 1. The van der Waals surface area contributed by atoms with Gasteiger partial charge in [0, 0.05) is 16.7 Å². The van der Waals surface area contributed by atoms with Crippen molar-refractivity contribution in [3.05, 3.63) is 59.7 Å². The molecule has 0 fully saturated rings. The Bertz CT molecular complexity index is 1120. The molecule has 28 heavy (non-hydrogen) atoms. The molecule has 0 unspecified atom stereocenters. The summed E-state index contributed by atoms with van der Waals surface area (Å²) in [6, 6.07) is 12.1. The van der Waals surface area contributed by atoms with Crippen molar-refractivity contribution in [3.63, 3.8) is 0 Å². The van der Waals surface area contributed by atoms with E-state index in [0.717, 1.165) is 0 Å². The van der Waals surface area contributed by atoms with Gasteiger partial charge in [-0.05, 0) is 43.3 Å². The third kappa shape index (κ3) is 4.15. The van der Waals surface area contributed by atoms with Crippen LogP contribution in [0.15, 0.2) is 57.8 Å². The van der Waals surface area contributed by atoms with Crippen LogP contribution in [0.1, 0.15) is 34.6 Å². The zero-order valence-electron chi connectivity index (χ0n) is 15.2. The monoisotopic (exact) mass is 399 g/mol. The Morgan fingerprint density at radius 2 is 1.57 bits per heavy atom. The summed E-state index contributed by atoms with van der Waals surface area (Å²) in [5.74, 6) is -0.403. The third-order valence-corrected chi connectivity index (χ3v) is 5.79. The normalized spacial score (nSPS) is 11.2. The van der Waals surface area contributed by atoms with Crippen LogP contribution in [0.3, 0.4) is 0 Å². The van der Waals surface area contributed by atoms with Crippen molar-refractivity contribution in [1.29, 1.82) is 0 Å². The molecule has 2 aromatic carbocycles. The standard InChI is InChI=1S/C19H17N3O5S/c1-3-28(25,26)16-10-8-15(9-11-16)18-21-22-19(27-18)20-17(24)14-6-4-13(5-7-14)12(2)23/h4-11H,3H2,1-2H3,(H,20,22,24). The highest BCUT2D eigenvalue weighted by molar-refractivity contribution is 7.91. The number of sulfone groups is 1. The maximum atomic E-state index is 12.2. The van der Waals surface area contributed by atoms with E-state index in [1.165, 1.54) is 31.2 Å². The molecule has 0 aliphatic heterocycles. The largest absolute Gasteiger partial charge is 0.403 e. The Morgan fingerprint density at radius 3 is 2.14 bits per heavy atom. The van der Waals surface area contributed by atoms with Gasteiger partial charge in [-0.1, -0.05) is 24.2 Å². The molecule has 0 bridgehead atoms. The molecular formula is C19H17N3O5S. The van der Waals surface area contributed by atoms with Gasteiger partial charge in [-0.3, -0.25) is 14.9 Å². The molecule has 1 aromatic heterocycles. The maximum Gasteiger partial charge on any atom is 0.322 e. The molecule has 1 heterocycles. The number of hydrogen-bond donors (Lipinski definition) is 1. The van der Waals surface area contributed by atoms with E-state index >= 15 is 0 Å². The molecule has 0 spiro atoms. The lowest BCUT2D eigenvalue weighted by Gasteiger charge is -2.02. The van der Waals surface area contributed by atoms with Crippen molar-refractivity contribution in [3.8, 4) is 11.5 Å². The lowest BCUT2D eigenvalue weighted by molar-refractivity contribution is 0.100. The number of aromatic nitrogens is 2. The number of nitrogens with one attached hydrogen (secondary N) is 1. The van der Waals surface area contributed by atoms with Crippen LogP contribution in [0.2, 0.25) is 0 Å². The number of nitrogens with zero attached hydrogens (tertiary/aromatic N) is 2. The first-order chi connectivity index (χ1) is 13.3. The lowest BCUT2D eigenvalue weighted by atomic mass is 10.1. The van der Waals surface area contributed by atoms with Crippen LogP contribution in [0.25, 0.3) is 11.5 Å². The van der Waals surface area contributed by atoms with Crippen molar-refractivity contribution in [2.24, 2.45) is 0 Å². The van der Waals surface area contributed by atoms with E-state index in [1.807, 2.05) is 0 Å². The lowest BCUT2D eigenvalue weighted by Crippen LogP contribution is -2.12. The summed E-state index contributed by atoms with van der Waals surface area (Å²) in [5, 5.41) is 10.1. The van der Waals surface area contributed by atoms with Crippen molar-refractivity contribution < 1.29 is 22.4 Å². The molecule has 3 aromatic rings. The van der Waals surface area contributed by atoms with Gasteiger partial charge < -0.3 is 4.42 Å². The fourth-order valence-corrected chi connectivity index (χ4v) is 3.27. The summed E-state index contributed by atoms with van der Waals surface area (Å²) < 4.78 is 29.1. The quantitative estimate of drug-likeness (QED) is 0.633. The van der Waals surface area contributed by atoms with Gasteiger partial charge in [0.25, 0.3) is 5.91 Å². The third-order valence-electron chi connectivity index (χ3n) is 4.04. The average molecular weight is 399 g/mol. The predicted octanol–water partition coefficient (Wildman–Crippen LogP) is 2.99. The van der Waals surface area contributed by atoms with Gasteiger partial charge in [-0.15, -0.1) is 5.10 Å². The molecule has 1 amide bonds. The maximum absolute atomic E-state index is 12.2. The zero-order valence-corrected chi connectivity index (χ0v) is 16.0. The SMILES string of the molecule is CCS(=O)(=O)c1ccc(-c2nnc(NC(=O)c3ccc(C(C)=O)cc3)o2)cc1. The summed E-state index contributed by atoms with van der Waals surface area (Å²) in [4.78, 5) is 23.7. The summed E-state index contributed by atoms with van der Waals surface area (Å²) in [6.07, 6.45) is 0. The summed E-state index contributed by atoms with van der Waals surface area (Å²) in [7, 11) is -3.29. The fourth-order valence-electron chi connectivity index (χ4n) is 2.39. The molecule has 0 saturated carbocycles. The van der Waals surface area contributed by atoms with Crippen molar-refractivity contribution in [1.82, 2.24) is 10.2 Å². The number of Topliss-reactive ketones (excluding diaryl/α,β-unsaturated/α-hetero) is 1. The highest BCUT2D eigenvalue weighted by atomic mass is 32.2. The Morgan fingerprint density at radius 1 is 0.964 bits per heavy atom. The van der Waals surface area contributed by atoms with Gasteiger partial charge in [-0.25, -0.2) is 8.42 Å². The van der Waals surface area contributed by atoms with E-state index in [-0.39, 0.29) is 28.3 Å². The van der Waals surface area contributed by atoms with Crippen molar-refractivity contribution in [2.75, 3.05) is 11.1 Å². The van der Waals surface area contributed by atoms with Crippen LogP contribution in [0.5, 0.6) is 0 Å². The van der Waals surface area contributed by atoms with Crippen LogP contribution in [0.4, 0.5) is 6.01 Å². The molecule has 0 radical (unpaired) electrons. The first kappa shape index (κ1) is 19.4. The number of benzene rings is 2. The van der Waals surface area contributed by atoms with Gasteiger partial charge in [0.1, 0.15) is 0 Å². The second-order valence-electron chi connectivity index (χ2n) is 5.93. The van der Waals surface area contributed by atoms with Crippen molar-refractivity contribution in [2.45, 2.75) is 18.7 Å². The van der Waals surface area contributed by atoms with E-state index in [1.54, 1.807) is 31.2 Å². The summed E-state index contributed by atoms with van der Waals surface area (Å²) >= 11 is 0. The minimum atomic E-state index is -3.29. The highest BCUT2D eigenvalue weighted by Gasteiger charge is 2.15. The number of carbonyl (C=O) groups is 2. The molecule has 144 valence electrons. The number of amides is 1.